The minimum absolute atomic E-state index is 0.0763. The summed E-state index contributed by atoms with van der Waals surface area (Å²) in [7, 11) is 3.04. The highest BCUT2D eigenvalue weighted by molar-refractivity contribution is 6.01. The van der Waals surface area contributed by atoms with E-state index >= 15 is 0 Å². The zero-order valence-corrected chi connectivity index (χ0v) is 10.4. The van der Waals surface area contributed by atoms with Gasteiger partial charge < -0.3 is 15.1 Å². The number of hydrogen-bond acceptors (Lipinski definition) is 3. The summed E-state index contributed by atoms with van der Waals surface area (Å²) >= 11 is 0. The molecule has 6 nitrogen and oxygen atoms in total. The average Bonchev–Trinajstić information content (AvgIpc) is 2.26. The van der Waals surface area contributed by atoms with E-state index in [0.717, 1.165) is 0 Å². The zero-order valence-electron chi connectivity index (χ0n) is 10.4. The lowest BCUT2D eigenvalue weighted by atomic mass is 9.77. The van der Waals surface area contributed by atoms with Gasteiger partial charge in [0.25, 0.3) is 5.91 Å². The van der Waals surface area contributed by atoms with Crippen LogP contribution in [0.4, 0.5) is 0 Å². The van der Waals surface area contributed by atoms with Crippen LogP contribution in [-0.2, 0) is 14.4 Å². The molecule has 0 aromatic carbocycles. The van der Waals surface area contributed by atoms with Crippen molar-refractivity contribution in [2.24, 2.45) is 5.41 Å². The highest BCUT2D eigenvalue weighted by Gasteiger charge is 2.37. The molecule has 0 bridgehead atoms. The van der Waals surface area contributed by atoms with Gasteiger partial charge in [-0.1, -0.05) is 6.08 Å². The SMILES string of the molecule is CN(C)C(=O)C1=CC(C)(C(=O)O)CC(C(=O)O)=C1. The van der Waals surface area contributed by atoms with Gasteiger partial charge in [-0.15, -0.1) is 0 Å². The van der Waals surface area contributed by atoms with Crippen molar-refractivity contribution in [1.82, 2.24) is 4.90 Å². The van der Waals surface area contributed by atoms with Gasteiger partial charge in [-0.2, -0.15) is 0 Å². The lowest BCUT2D eigenvalue weighted by Gasteiger charge is -2.26. The third kappa shape index (κ3) is 2.58. The lowest BCUT2D eigenvalue weighted by molar-refractivity contribution is -0.145. The molecule has 1 rings (SSSR count). The van der Waals surface area contributed by atoms with Gasteiger partial charge in [0.15, 0.2) is 0 Å². The van der Waals surface area contributed by atoms with Crippen molar-refractivity contribution in [1.29, 1.82) is 0 Å². The summed E-state index contributed by atoms with van der Waals surface area (Å²) in [5.74, 6) is -2.78. The first kappa shape index (κ1) is 14.0. The predicted octanol–water partition coefficient (Wildman–Crippen LogP) is 0.507. The number of carbonyl (C=O) groups excluding carboxylic acids is 1. The van der Waals surface area contributed by atoms with Crippen LogP contribution in [0.2, 0.25) is 0 Å². The maximum absolute atomic E-state index is 11.8. The van der Waals surface area contributed by atoms with E-state index in [0.29, 0.717) is 0 Å². The Balaban J connectivity index is 3.28. The third-order valence-corrected chi connectivity index (χ3v) is 2.78. The molecule has 1 aliphatic rings. The maximum atomic E-state index is 11.8. The molecule has 98 valence electrons. The molecule has 0 saturated heterocycles. The molecular weight excluding hydrogens is 238 g/mol. The number of amides is 1. The van der Waals surface area contributed by atoms with Crippen LogP contribution in [0.15, 0.2) is 23.3 Å². The number of carboxylic acid groups (broad SMARTS) is 2. The molecule has 0 aromatic heterocycles. The van der Waals surface area contributed by atoms with Crippen LogP contribution in [0.1, 0.15) is 13.3 Å². The van der Waals surface area contributed by atoms with Crippen molar-refractivity contribution >= 4 is 17.8 Å². The molecule has 2 N–H and O–H groups in total. The number of hydrogen-bond donors (Lipinski definition) is 2. The van der Waals surface area contributed by atoms with Gasteiger partial charge in [0.1, 0.15) is 0 Å². The molecule has 1 unspecified atom stereocenters. The smallest absolute Gasteiger partial charge is 0.331 e. The first-order chi connectivity index (χ1) is 8.17. The highest BCUT2D eigenvalue weighted by Crippen LogP contribution is 2.34. The van der Waals surface area contributed by atoms with Gasteiger partial charge in [-0.05, 0) is 19.4 Å². The van der Waals surface area contributed by atoms with Gasteiger partial charge in [-0.3, -0.25) is 9.59 Å². The van der Waals surface area contributed by atoms with Crippen LogP contribution in [0, 0.1) is 5.41 Å². The summed E-state index contributed by atoms with van der Waals surface area (Å²) in [4.78, 5) is 35.3. The minimum atomic E-state index is -1.37. The average molecular weight is 253 g/mol. The Morgan fingerprint density at radius 2 is 1.83 bits per heavy atom. The number of nitrogens with zero attached hydrogens (tertiary/aromatic N) is 1. The van der Waals surface area contributed by atoms with Gasteiger partial charge in [0.05, 0.1) is 5.41 Å². The van der Waals surface area contributed by atoms with E-state index < -0.39 is 23.3 Å². The van der Waals surface area contributed by atoms with Crippen molar-refractivity contribution in [2.45, 2.75) is 13.3 Å². The lowest BCUT2D eigenvalue weighted by Crippen LogP contribution is -2.33. The quantitative estimate of drug-likeness (QED) is 0.764. The van der Waals surface area contributed by atoms with Crippen LogP contribution in [-0.4, -0.2) is 47.1 Å². The van der Waals surface area contributed by atoms with Gasteiger partial charge >= 0.3 is 11.9 Å². The van der Waals surface area contributed by atoms with Gasteiger partial charge in [-0.25, -0.2) is 4.79 Å². The van der Waals surface area contributed by atoms with E-state index in [2.05, 4.69) is 0 Å². The molecule has 6 heteroatoms. The Hall–Kier alpha value is -2.11. The van der Waals surface area contributed by atoms with E-state index in [1.807, 2.05) is 0 Å². The maximum Gasteiger partial charge on any atom is 0.331 e. The summed E-state index contributed by atoms with van der Waals surface area (Å²) in [6.07, 6.45) is 2.40. The number of carboxylic acids is 2. The molecule has 0 aliphatic heterocycles. The fourth-order valence-electron chi connectivity index (χ4n) is 1.73. The summed E-state index contributed by atoms with van der Waals surface area (Å²) in [6.45, 7) is 1.40. The topological polar surface area (TPSA) is 94.9 Å². The fraction of sp³-hybridized carbons (Fsp3) is 0.417. The van der Waals surface area contributed by atoms with Crippen molar-refractivity contribution in [3.8, 4) is 0 Å². The molecule has 0 aromatic rings. The Kier molecular flexibility index (Phi) is 3.59. The molecule has 18 heavy (non-hydrogen) atoms. The second-order valence-corrected chi connectivity index (χ2v) is 4.67. The first-order valence-corrected chi connectivity index (χ1v) is 5.29. The Morgan fingerprint density at radius 1 is 1.28 bits per heavy atom. The van der Waals surface area contributed by atoms with E-state index in [1.165, 1.54) is 38.1 Å². The number of likely N-dealkylation sites (N-methyl/N-ethyl adjacent to an activating group) is 1. The predicted molar refractivity (Wildman–Crippen MR) is 62.9 cm³/mol. The van der Waals surface area contributed by atoms with Gasteiger partial charge in [0, 0.05) is 25.2 Å². The summed E-state index contributed by atoms with van der Waals surface area (Å²) in [5, 5.41) is 18.1. The van der Waals surface area contributed by atoms with Crippen molar-refractivity contribution in [3.63, 3.8) is 0 Å². The molecule has 1 amide bonds. The summed E-state index contributed by atoms with van der Waals surface area (Å²) in [5.41, 5.74) is -1.36. The molecular formula is C12H15NO5. The van der Waals surface area contributed by atoms with Crippen LogP contribution >= 0.6 is 0 Å². The summed E-state index contributed by atoms with van der Waals surface area (Å²) < 4.78 is 0. The second-order valence-electron chi connectivity index (χ2n) is 4.67. The molecule has 0 fully saturated rings. The Labute approximate surface area is 104 Å². The first-order valence-electron chi connectivity index (χ1n) is 5.29. The van der Waals surface area contributed by atoms with Crippen LogP contribution in [0.5, 0.6) is 0 Å². The molecule has 0 radical (unpaired) electrons. The van der Waals surface area contributed by atoms with Crippen molar-refractivity contribution < 1.29 is 24.6 Å². The number of aliphatic carboxylic acids is 2. The van der Waals surface area contributed by atoms with E-state index in [9.17, 15) is 14.4 Å². The van der Waals surface area contributed by atoms with E-state index in [1.54, 1.807) is 0 Å². The molecule has 1 atom stereocenters. The second kappa shape index (κ2) is 4.64. The highest BCUT2D eigenvalue weighted by atomic mass is 16.4. The van der Waals surface area contributed by atoms with Crippen molar-refractivity contribution in [2.75, 3.05) is 14.1 Å². The third-order valence-electron chi connectivity index (χ3n) is 2.78. The van der Waals surface area contributed by atoms with E-state index in [-0.39, 0.29) is 17.6 Å². The molecule has 0 saturated carbocycles. The standard InChI is InChI=1S/C12H15NO5/c1-12(11(17)18)5-7(9(14)13(2)3)4-8(6-12)10(15)16/h4-5H,6H2,1-3H3,(H,15,16)(H,17,18). The molecule has 0 spiro atoms. The number of rotatable bonds is 3. The largest absolute Gasteiger partial charge is 0.481 e. The minimum Gasteiger partial charge on any atom is -0.481 e. The van der Waals surface area contributed by atoms with Crippen molar-refractivity contribution in [3.05, 3.63) is 23.3 Å². The fourth-order valence-corrected chi connectivity index (χ4v) is 1.73. The normalized spacial score (nSPS) is 22.8. The van der Waals surface area contributed by atoms with Crippen LogP contribution < -0.4 is 0 Å². The number of carbonyl (C=O) groups is 3. The zero-order chi connectivity index (χ0) is 14.1. The van der Waals surface area contributed by atoms with Crippen LogP contribution in [0.25, 0.3) is 0 Å². The molecule has 0 heterocycles. The van der Waals surface area contributed by atoms with Gasteiger partial charge in [0.2, 0.25) is 0 Å². The summed E-state index contributed by atoms with van der Waals surface area (Å²) in [6, 6.07) is 0. The van der Waals surface area contributed by atoms with Crippen LogP contribution in [0.3, 0.4) is 0 Å². The van der Waals surface area contributed by atoms with E-state index in [4.69, 9.17) is 10.2 Å². The monoisotopic (exact) mass is 253 g/mol. The molecule has 1 aliphatic carbocycles. The Bertz CT molecular complexity index is 475. The Morgan fingerprint density at radius 3 is 2.22 bits per heavy atom.